The first-order valence-corrected chi connectivity index (χ1v) is 7.54. The smallest absolute Gasteiger partial charge is 0.206 e. The molecule has 1 aromatic rings. The van der Waals surface area contributed by atoms with Crippen LogP contribution in [0.15, 0.2) is 10.3 Å². The van der Waals surface area contributed by atoms with Crippen LogP contribution in [0.4, 0.5) is 0 Å². The summed E-state index contributed by atoms with van der Waals surface area (Å²) in [7, 11) is -2.07. The van der Waals surface area contributed by atoms with Crippen molar-refractivity contribution in [3.8, 4) is 6.07 Å². The second-order valence-electron chi connectivity index (χ2n) is 3.84. The van der Waals surface area contributed by atoms with Gasteiger partial charge in [-0.15, -0.1) is 11.3 Å². The highest BCUT2D eigenvalue weighted by Crippen LogP contribution is 2.31. The number of nitriles is 1. The van der Waals surface area contributed by atoms with Gasteiger partial charge in [0.2, 0.25) is 0 Å². The molecule has 4 nitrogen and oxygen atoms in total. The first kappa shape index (κ1) is 14.5. The van der Waals surface area contributed by atoms with Crippen molar-refractivity contribution in [2.24, 2.45) is 5.92 Å². The van der Waals surface area contributed by atoms with Gasteiger partial charge in [0.05, 0.1) is 16.3 Å². The number of sulfonamides is 1. The van der Waals surface area contributed by atoms with Crippen molar-refractivity contribution in [3.63, 3.8) is 0 Å². The highest BCUT2D eigenvalue weighted by atomic mass is 35.5. The van der Waals surface area contributed by atoms with E-state index < -0.39 is 10.0 Å². The number of hydrogen-bond acceptors (Lipinski definition) is 4. The summed E-state index contributed by atoms with van der Waals surface area (Å²) in [5.74, 6) is -0.341. The third kappa shape index (κ3) is 3.19. The van der Waals surface area contributed by atoms with Gasteiger partial charge in [0.1, 0.15) is 4.21 Å². The number of aryl methyl sites for hydroxylation is 1. The van der Waals surface area contributed by atoms with Gasteiger partial charge in [-0.05, 0) is 25.5 Å². The van der Waals surface area contributed by atoms with Crippen molar-refractivity contribution in [3.05, 3.63) is 16.0 Å². The zero-order chi connectivity index (χ0) is 13.2. The highest BCUT2D eigenvalue weighted by molar-refractivity contribution is 7.91. The molecule has 0 amide bonds. The summed E-state index contributed by atoms with van der Waals surface area (Å²) in [5.41, 5.74) is 0.747. The van der Waals surface area contributed by atoms with E-state index in [1.807, 2.05) is 6.07 Å². The Morgan fingerprint density at radius 2 is 2.24 bits per heavy atom. The number of rotatable bonds is 4. The van der Waals surface area contributed by atoms with E-state index in [0.29, 0.717) is 4.34 Å². The molecule has 0 aliphatic heterocycles. The fourth-order valence-electron chi connectivity index (χ4n) is 1.24. The third-order valence-electron chi connectivity index (χ3n) is 2.25. The van der Waals surface area contributed by atoms with E-state index >= 15 is 0 Å². The van der Waals surface area contributed by atoms with Crippen LogP contribution >= 0.6 is 22.9 Å². The van der Waals surface area contributed by atoms with Crippen LogP contribution in [0.25, 0.3) is 0 Å². The first-order chi connectivity index (χ1) is 7.78. The molecular formula is C10H13ClN2O2S2. The second kappa shape index (κ2) is 5.36. The molecule has 1 aromatic heterocycles. The molecule has 7 heteroatoms. The molecule has 0 bridgehead atoms. The molecule has 1 rings (SSSR count). The molecule has 1 atom stereocenters. The van der Waals surface area contributed by atoms with E-state index in [2.05, 4.69) is 0 Å². The number of thiophene rings is 1. The standard InChI is InChI=1S/C10H13ClN2O2S2/c1-7(5-12)6-13(3)17(14,15)9-4-8(2)10(11)16-9/h4,7H,6H2,1-3H3. The summed E-state index contributed by atoms with van der Waals surface area (Å²) < 4.78 is 26.1. The average Bonchev–Trinajstić information content (AvgIpc) is 2.59. The van der Waals surface area contributed by atoms with Crippen molar-refractivity contribution in [1.82, 2.24) is 4.31 Å². The lowest BCUT2D eigenvalue weighted by atomic mass is 10.2. The SMILES string of the molecule is Cc1cc(S(=O)(=O)N(C)CC(C)C#N)sc1Cl. The normalized spacial score (nSPS) is 13.6. The number of nitrogens with zero attached hydrogens (tertiary/aromatic N) is 2. The van der Waals surface area contributed by atoms with E-state index in [9.17, 15) is 8.42 Å². The van der Waals surface area contributed by atoms with Crippen molar-refractivity contribution in [2.75, 3.05) is 13.6 Å². The average molecular weight is 293 g/mol. The highest BCUT2D eigenvalue weighted by Gasteiger charge is 2.24. The Labute approximate surface area is 110 Å². The lowest BCUT2D eigenvalue weighted by molar-refractivity contribution is 0.440. The number of halogens is 1. The van der Waals surface area contributed by atoms with Gasteiger partial charge in [0.15, 0.2) is 0 Å². The molecular weight excluding hydrogens is 280 g/mol. The molecule has 0 aromatic carbocycles. The van der Waals surface area contributed by atoms with E-state index in [1.165, 1.54) is 11.4 Å². The summed E-state index contributed by atoms with van der Waals surface area (Å²) >= 11 is 6.89. The zero-order valence-corrected chi connectivity index (χ0v) is 12.2. The van der Waals surface area contributed by atoms with E-state index in [0.717, 1.165) is 16.9 Å². The molecule has 0 fully saturated rings. The Hall–Kier alpha value is -0.610. The molecule has 94 valence electrons. The molecule has 0 aliphatic rings. The maximum absolute atomic E-state index is 12.1. The summed E-state index contributed by atoms with van der Waals surface area (Å²) in [4.78, 5) is 0. The van der Waals surface area contributed by atoms with Crippen LogP contribution in [0.1, 0.15) is 12.5 Å². The second-order valence-corrected chi connectivity index (χ2v) is 7.76. The lowest BCUT2D eigenvalue weighted by Gasteiger charge is -2.16. The van der Waals surface area contributed by atoms with Crippen molar-refractivity contribution in [1.29, 1.82) is 5.26 Å². The Morgan fingerprint density at radius 3 is 2.65 bits per heavy atom. The Bertz CT molecular complexity index is 526. The van der Waals surface area contributed by atoms with Gasteiger partial charge in [0.25, 0.3) is 10.0 Å². The van der Waals surface area contributed by atoms with Crippen LogP contribution in [-0.2, 0) is 10.0 Å². The quantitative estimate of drug-likeness (QED) is 0.856. The van der Waals surface area contributed by atoms with Crippen molar-refractivity contribution < 1.29 is 8.42 Å². The fraction of sp³-hybridized carbons (Fsp3) is 0.500. The molecule has 0 radical (unpaired) electrons. The minimum atomic E-state index is -3.53. The Morgan fingerprint density at radius 1 is 1.65 bits per heavy atom. The van der Waals surface area contributed by atoms with Gasteiger partial charge in [-0.3, -0.25) is 0 Å². The summed E-state index contributed by atoms with van der Waals surface area (Å²) in [6, 6.07) is 3.56. The van der Waals surface area contributed by atoms with Gasteiger partial charge in [-0.2, -0.15) is 9.57 Å². The van der Waals surface area contributed by atoms with Crippen molar-refractivity contribution in [2.45, 2.75) is 18.1 Å². The van der Waals surface area contributed by atoms with E-state index in [1.54, 1.807) is 19.9 Å². The van der Waals surface area contributed by atoms with Crippen LogP contribution in [0, 0.1) is 24.2 Å². The monoisotopic (exact) mass is 292 g/mol. The minimum absolute atomic E-state index is 0.174. The maximum Gasteiger partial charge on any atom is 0.252 e. The summed E-state index contributed by atoms with van der Waals surface area (Å²) in [6.07, 6.45) is 0. The topological polar surface area (TPSA) is 61.2 Å². The summed E-state index contributed by atoms with van der Waals surface area (Å²) in [5, 5.41) is 8.68. The van der Waals surface area contributed by atoms with Gasteiger partial charge in [-0.25, -0.2) is 8.42 Å². The largest absolute Gasteiger partial charge is 0.252 e. The predicted octanol–water partition coefficient (Wildman–Crippen LogP) is 2.49. The molecule has 0 N–H and O–H groups in total. The molecule has 1 unspecified atom stereocenters. The van der Waals surface area contributed by atoms with Gasteiger partial charge < -0.3 is 0 Å². The van der Waals surface area contributed by atoms with E-state index in [4.69, 9.17) is 16.9 Å². The predicted molar refractivity (Wildman–Crippen MR) is 68.7 cm³/mol. The van der Waals surface area contributed by atoms with Crippen molar-refractivity contribution >= 4 is 33.0 Å². The first-order valence-electron chi connectivity index (χ1n) is 4.91. The maximum atomic E-state index is 12.1. The lowest BCUT2D eigenvalue weighted by Crippen LogP contribution is -2.30. The summed E-state index contributed by atoms with van der Waals surface area (Å²) in [6.45, 7) is 3.61. The molecule has 0 saturated carbocycles. The van der Waals surface area contributed by atoms with Gasteiger partial charge in [-0.1, -0.05) is 11.6 Å². The van der Waals surface area contributed by atoms with Crippen LogP contribution in [0.3, 0.4) is 0 Å². The van der Waals surface area contributed by atoms with Gasteiger partial charge in [0, 0.05) is 13.6 Å². The third-order valence-corrected chi connectivity index (χ3v) is 6.08. The van der Waals surface area contributed by atoms with E-state index in [-0.39, 0.29) is 16.7 Å². The van der Waals surface area contributed by atoms with Crippen LogP contribution < -0.4 is 0 Å². The fourth-order valence-corrected chi connectivity index (χ4v) is 4.42. The Kier molecular flexibility index (Phi) is 4.55. The molecule has 17 heavy (non-hydrogen) atoms. The Balaban J connectivity index is 3.00. The van der Waals surface area contributed by atoms with Crippen LogP contribution in [0.2, 0.25) is 4.34 Å². The van der Waals surface area contributed by atoms with Crippen LogP contribution in [0.5, 0.6) is 0 Å². The molecule has 0 spiro atoms. The number of hydrogen-bond donors (Lipinski definition) is 0. The molecule has 0 saturated heterocycles. The minimum Gasteiger partial charge on any atom is -0.206 e. The van der Waals surface area contributed by atoms with Crippen LogP contribution in [-0.4, -0.2) is 26.3 Å². The molecule has 1 heterocycles. The zero-order valence-electron chi connectivity index (χ0n) is 9.77. The van der Waals surface area contributed by atoms with Gasteiger partial charge >= 0.3 is 0 Å². The molecule has 0 aliphatic carbocycles.